The summed E-state index contributed by atoms with van der Waals surface area (Å²) in [6.45, 7) is 18.4. The van der Waals surface area contributed by atoms with Crippen LogP contribution < -0.4 is 34.3 Å². The molecule has 0 aliphatic carbocycles. The van der Waals surface area contributed by atoms with Crippen molar-refractivity contribution in [1.29, 1.82) is 0 Å². The van der Waals surface area contributed by atoms with Crippen molar-refractivity contribution in [2.75, 3.05) is 24.9 Å². The van der Waals surface area contributed by atoms with Crippen LogP contribution in [0.25, 0.3) is 33.4 Å². The number of halogens is 2. The molecule has 2 aliphatic heterocycles. The Kier molecular flexibility index (Phi) is 16.8. The number of allylic oxidation sites excluding steroid dienone is 2. The molecule has 0 unspecified atom stereocenters. The third-order valence-electron chi connectivity index (χ3n) is 13.3. The summed E-state index contributed by atoms with van der Waals surface area (Å²) in [4.78, 5) is 22.8. The first kappa shape index (κ1) is 56.2. The van der Waals surface area contributed by atoms with E-state index >= 15 is 0 Å². The molecule has 2 aromatic heterocycles. The van der Waals surface area contributed by atoms with E-state index in [0.717, 1.165) is 78.2 Å². The number of methoxy groups -OCH3 is 2. The van der Waals surface area contributed by atoms with Crippen molar-refractivity contribution in [3.05, 3.63) is 203 Å². The van der Waals surface area contributed by atoms with Gasteiger partial charge in [-0.25, -0.2) is 13.6 Å². The number of carbonyl (C=O) groups is 2. The predicted molar refractivity (Wildman–Crippen MR) is 305 cm³/mol. The number of fused-ring (bicyclic) bond motifs is 2. The van der Waals surface area contributed by atoms with Crippen LogP contribution in [0.2, 0.25) is 0 Å². The van der Waals surface area contributed by atoms with Crippen molar-refractivity contribution < 1.29 is 56.0 Å². The molecule has 79 heavy (non-hydrogen) atoms. The highest BCUT2D eigenvalue weighted by molar-refractivity contribution is 5.92. The number of Topliss-reactive ketones (excluding diaryl/α,β-unsaturated/α-hetero) is 1. The second kappa shape index (κ2) is 23.7. The Morgan fingerprint density at radius 2 is 1.01 bits per heavy atom. The monoisotopic (exact) mass is 1070 g/mol. The van der Waals surface area contributed by atoms with E-state index in [0.29, 0.717) is 34.5 Å². The third kappa shape index (κ3) is 13.2. The van der Waals surface area contributed by atoms with Crippen molar-refractivity contribution in [1.82, 2.24) is 0 Å². The van der Waals surface area contributed by atoms with Crippen LogP contribution in [0.1, 0.15) is 103 Å². The average molecular weight is 1070 g/mol. The number of esters is 1. The summed E-state index contributed by atoms with van der Waals surface area (Å²) in [5, 5.41) is 17.1. The van der Waals surface area contributed by atoms with E-state index in [9.17, 15) is 23.5 Å². The van der Waals surface area contributed by atoms with Gasteiger partial charge in [-0.2, -0.15) is 0 Å². The topological polar surface area (TPSA) is 151 Å². The molecule has 0 bridgehead atoms. The minimum absolute atomic E-state index is 0.0324. The molecule has 4 heterocycles. The first-order valence-corrected chi connectivity index (χ1v) is 25.6. The molecular weight excluding hydrogens is 1010 g/mol. The highest BCUT2D eigenvalue weighted by atomic mass is 19.1. The number of benzene rings is 6. The van der Waals surface area contributed by atoms with Gasteiger partial charge in [-0.3, -0.25) is 4.79 Å². The van der Waals surface area contributed by atoms with Crippen molar-refractivity contribution in [3.8, 4) is 56.8 Å². The number of ether oxygens (including phenoxy) is 5. The number of furan rings is 2. The minimum atomic E-state index is -0.599. The molecule has 10 rings (SSSR count). The van der Waals surface area contributed by atoms with Crippen molar-refractivity contribution in [2.24, 2.45) is 0 Å². The highest BCUT2D eigenvalue weighted by Crippen LogP contribution is 2.46. The van der Waals surface area contributed by atoms with Crippen LogP contribution in [0.5, 0.6) is 34.5 Å². The molecule has 0 saturated heterocycles. The van der Waals surface area contributed by atoms with E-state index in [1.807, 2.05) is 44.2 Å². The van der Waals surface area contributed by atoms with Gasteiger partial charge in [-0.1, -0.05) is 36.4 Å². The van der Waals surface area contributed by atoms with Gasteiger partial charge in [0.1, 0.15) is 59.3 Å². The lowest BCUT2D eigenvalue weighted by Crippen LogP contribution is -2.32. The number of phenolic OH excluding ortho intramolecular Hbond substituents is 1. The summed E-state index contributed by atoms with van der Waals surface area (Å²) in [5.74, 6) is 1.75. The van der Waals surface area contributed by atoms with Gasteiger partial charge in [0.2, 0.25) is 5.76 Å². The first-order chi connectivity index (χ1) is 37.6. The molecule has 408 valence electrons. The molecule has 3 N–H and O–H groups in total. The molecule has 14 heteroatoms. The van der Waals surface area contributed by atoms with E-state index in [1.165, 1.54) is 43.7 Å². The summed E-state index contributed by atoms with van der Waals surface area (Å²) in [6.07, 6.45) is 7.28. The third-order valence-corrected chi connectivity index (χ3v) is 13.3. The van der Waals surface area contributed by atoms with Crippen LogP contribution in [0, 0.1) is 25.5 Å². The maximum absolute atomic E-state index is 14.0. The molecule has 0 spiro atoms. The molecule has 0 atom stereocenters. The zero-order valence-corrected chi connectivity index (χ0v) is 46.1. The van der Waals surface area contributed by atoms with Gasteiger partial charge in [0.25, 0.3) is 0 Å². The minimum Gasteiger partial charge on any atom is -0.508 e. The number of rotatable bonds is 13. The SMILES string of the molecule is CC(=O)c1ccco1.COc1cc(O)ccc1-c1ccc2c(c1COc1cc(F)ccc1C)C(C)=CC(C)(C)N2.COc1cc(OC(=O)c2ccco2)ccc1-c1ccc2c(c1COc1cc(F)ccc1C)C(C)=CC(C)(C)N2. The lowest BCUT2D eigenvalue weighted by atomic mass is 9.85. The largest absolute Gasteiger partial charge is 0.508 e. The summed E-state index contributed by atoms with van der Waals surface area (Å²) in [7, 11) is 3.15. The fourth-order valence-corrected chi connectivity index (χ4v) is 9.85. The standard InChI is InChI=1S/C32H30FNO5.C27H28FNO3.C6H6O2/c1-19-8-9-21(33)15-28(19)38-18-25-23(12-13-26-30(25)20(2)17-32(3,4)34-26)24-11-10-22(16-29(24)36-5)39-31(35)27-7-6-14-37-27;1-16-6-7-18(28)12-24(16)32-15-22-20(21-9-8-19(30)13-25(21)31-5)10-11-23-26(22)17(2)14-27(3,4)29-23;1-5(7)6-3-2-4-8-6/h6-17,34H,18H2,1-5H3;6-14,29-30H,15H2,1-5H3;2-4H,1H3. The number of nitrogens with one attached hydrogen (secondary N) is 2. The van der Waals surface area contributed by atoms with E-state index in [1.54, 1.807) is 74.9 Å². The van der Waals surface area contributed by atoms with Gasteiger partial charge in [-0.15, -0.1) is 0 Å². The second-order valence-electron chi connectivity index (χ2n) is 20.4. The Hall–Kier alpha value is -9.04. The van der Waals surface area contributed by atoms with Gasteiger partial charge in [0.05, 0.1) is 37.8 Å². The van der Waals surface area contributed by atoms with Gasteiger partial charge in [0, 0.05) is 75.9 Å². The maximum atomic E-state index is 14.0. The van der Waals surface area contributed by atoms with Crippen LogP contribution in [-0.4, -0.2) is 42.2 Å². The molecule has 2 aliphatic rings. The fourth-order valence-electron chi connectivity index (χ4n) is 9.85. The molecule has 6 aromatic carbocycles. The molecule has 12 nitrogen and oxygen atoms in total. The Bertz CT molecular complexity index is 3590. The number of phenols is 1. The van der Waals surface area contributed by atoms with Gasteiger partial charge >= 0.3 is 5.97 Å². The van der Waals surface area contributed by atoms with Crippen LogP contribution >= 0.6 is 0 Å². The normalized spacial score (nSPS) is 13.4. The van der Waals surface area contributed by atoms with Crippen LogP contribution in [0.4, 0.5) is 20.2 Å². The Labute approximate surface area is 459 Å². The smallest absolute Gasteiger partial charge is 0.379 e. The average Bonchev–Trinajstić information content (AvgIpc) is 4.29. The van der Waals surface area contributed by atoms with E-state index < -0.39 is 5.97 Å². The van der Waals surface area contributed by atoms with Gasteiger partial charge in [-0.05, 0) is 162 Å². The van der Waals surface area contributed by atoms with E-state index in [-0.39, 0.29) is 53.2 Å². The zero-order chi connectivity index (χ0) is 56.8. The van der Waals surface area contributed by atoms with Crippen LogP contribution in [0.15, 0.2) is 155 Å². The lowest BCUT2D eigenvalue weighted by molar-refractivity contribution is 0.0701. The Morgan fingerprint density at radius 1 is 0.557 bits per heavy atom. The Balaban J connectivity index is 0.000000185. The number of carbonyl (C=O) groups excluding carboxylic acids is 2. The van der Waals surface area contributed by atoms with E-state index in [2.05, 4.69) is 70.4 Å². The van der Waals surface area contributed by atoms with Crippen LogP contribution in [-0.2, 0) is 13.2 Å². The predicted octanol–water partition coefficient (Wildman–Crippen LogP) is 16.0. The first-order valence-electron chi connectivity index (χ1n) is 25.6. The molecular formula is C65H64F2N2O10. The Morgan fingerprint density at radius 3 is 1.46 bits per heavy atom. The summed E-state index contributed by atoms with van der Waals surface area (Å²) >= 11 is 0. The maximum Gasteiger partial charge on any atom is 0.379 e. The number of aryl methyl sites for hydroxylation is 2. The highest BCUT2D eigenvalue weighted by Gasteiger charge is 2.29. The number of ketones is 1. The molecule has 0 radical (unpaired) electrons. The number of hydrogen-bond acceptors (Lipinski definition) is 12. The molecule has 8 aromatic rings. The van der Waals surface area contributed by atoms with Crippen molar-refractivity contribution >= 4 is 34.3 Å². The zero-order valence-electron chi connectivity index (χ0n) is 46.1. The van der Waals surface area contributed by atoms with Crippen molar-refractivity contribution in [3.63, 3.8) is 0 Å². The summed E-state index contributed by atoms with van der Waals surface area (Å²) in [5.41, 5.74) is 13.0. The number of hydrogen-bond donors (Lipinski definition) is 3. The second-order valence-corrected chi connectivity index (χ2v) is 20.4. The van der Waals surface area contributed by atoms with Gasteiger partial charge < -0.3 is 48.3 Å². The number of anilines is 2. The van der Waals surface area contributed by atoms with Crippen LogP contribution in [0.3, 0.4) is 0 Å². The van der Waals surface area contributed by atoms with E-state index in [4.69, 9.17) is 32.5 Å². The van der Waals surface area contributed by atoms with Gasteiger partial charge in [0.15, 0.2) is 11.5 Å². The van der Waals surface area contributed by atoms with Crippen molar-refractivity contribution in [2.45, 2.75) is 86.6 Å². The molecule has 0 amide bonds. The summed E-state index contributed by atoms with van der Waals surface area (Å²) in [6, 6.07) is 34.0. The summed E-state index contributed by atoms with van der Waals surface area (Å²) < 4.78 is 66.8. The molecule has 0 saturated carbocycles. The fraction of sp³-hybridized carbons (Fsp3) is 0.231. The molecule has 0 fully saturated rings. The lowest BCUT2D eigenvalue weighted by Gasteiger charge is -2.33. The quantitative estimate of drug-likeness (QED) is 0.0573. The number of aromatic hydroxyl groups is 1.